The van der Waals surface area contributed by atoms with Crippen molar-refractivity contribution in [2.24, 2.45) is 0 Å². The molecule has 76 valence electrons. The van der Waals surface area contributed by atoms with Crippen LogP contribution in [0.15, 0.2) is 11.1 Å². The monoisotopic (exact) mass is 195 g/mol. The summed E-state index contributed by atoms with van der Waals surface area (Å²) in [6.07, 6.45) is 5.06. The topological polar surface area (TPSA) is 66.4 Å². The maximum absolute atomic E-state index is 11.3. The van der Waals surface area contributed by atoms with E-state index in [1.807, 2.05) is 0 Å². The lowest BCUT2D eigenvalue weighted by Crippen LogP contribution is -2.32. The molecule has 0 aromatic rings. The third kappa shape index (κ3) is 3.31. The molecular weight excluding hydrogens is 182 g/mol. The van der Waals surface area contributed by atoms with Crippen LogP contribution in [0.3, 0.4) is 0 Å². The number of nitrogens with one attached hydrogen (secondary N) is 1. The van der Waals surface area contributed by atoms with Crippen molar-refractivity contribution in [3.05, 3.63) is 11.1 Å². The van der Waals surface area contributed by atoms with Gasteiger partial charge in [-0.1, -0.05) is 5.92 Å². The summed E-state index contributed by atoms with van der Waals surface area (Å²) in [6, 6.07) is -0.404. The molecule has 0 fully saturated rings. The van der Waals surface area contributed by atoms with Gasteiger partial charge in [-0.2, -0.15) is 0 Å². The van der Waals surface area contributed by atoms with E-state index < -0.39 is 17.9 Å². The quantitative estimate of drug-likeness (QED) is 0.510. The summed E-state index contributed by atoms with van der Waals surface area (Å²) in [5, 5.41) is 11.1. The van der Waals surface area contributed by atoms with Gasteiger partial charge in [-0.05, 0) is 20.8 Å². The molecule has 0 aliphatic rings. The number of carboxylic acid groups (broad SMARTS) is 1. The van der Waals surface area contributed by atoms with Gasteiger partial charge in [0.15, 0.2) is 0 Å². The number of carbonyl (C=O) groups excluding carboxylic acids is 1. The molecule has 0 aromatic heterocycles. The molecule has 4 nitrogen and oxygen atoms in total. The molecule has 0 heterocycles. The van der Waals surface area contributed by atoms with Crippen LogP contribution in [0.2, 0.25) is 0 Å². The SMILES string of the molecule is C#CC(C)NC(=O)/C(C)=C(\C)C(=O)O. The van der Waals surface area contributed by atoms with E-state index in [2.05, 4.69) is 11.2 Å². The Balaban J connectivity index is 4.65. The van der Waals surface area contributed by atoms with Crippen molar-refractivity contribution in [3.8, 4) is 12.3 Å². The van der Waals surface area contributed by atoms with Gasteiger partial charge in [0.25, 0.3) is 0 Å². The Morgan fingerprint density at radius 2 is 1.86 bits per heavy atom. The van der Waals surface area contributed by atoms with Gasteiger partial charge in [-0.3, -0.25) is 4.79 Å². The summed E-state index contributed by atoms with van der Waals surface area (Å²) < 4.78 is 0. The number of carboxylic acids is 1. The normalized spacial score (nSPS) is 13.6. The van der Waals surface area contributed by atoms with Crippen molar-refractivity contribution >= 4 is 11.9 Å². The predicted octanol–water partition coefficient (Wildman–Crippen LogP) is 0.545. The van der Waals surface area contributed by atoms with Gasteiger partial charge >= 0.3 is 5.97 Å². The Bertz CT molecular complexity index is 323. The Morgan fingerprint density at radius 1 is 1.36 bits per heavy atom. The second kappa shape index (κ2) is 5.07. The molecular formula is C10H13NO3. The summed E-state index contributed by atoms with van der Waals surface area (Å²) in [7, 11) is 0. The van der Waals surface area contributed by atoms with Crippen LogP contribution in [0.25, 0.3) is 0 Å². The first kappa shape index (κ1) is 12.2. The average Bonchev–Trinajstić information content (AvgIpc) is 2.14. The minimum Gasteiger partial charge on any atom is -0.478 e. The fourth-order valence-corrected chi connectivity index (χ4v) is 0.677. The first-order chi connectivity index (χ1) is 6.40. The van der Waals surface area contributed by atoms with Crippen LogP contribution in [0.5, 0.6) is 0 Å². The van der Waals surface area contributed by atoms with Crippen molar-refractivity contribution in [3.63, 3.8) is 0 Å². The van der Waals surface area contributed by atoms with Gasteiger partial charge in [-0.15, -0.1) is 6.42 Å². The van der Waals surface area contributed by atoms with E-state index in [1.54, 1.807) is 6.92 Å². The summed E-state index contributed by atoms with van der Waals surface area (Å²) in [6.45, 7) is 4.46. The zero-order valence-electron chi connectivity index (χ0n) is 8.42. The number of carbonyl (C=O) groups is 2. The Kier molecular flexibility index (Phi) is 4.44. The van der Waals surface area contributed by atoms with Crippen LogP contribution in [-0.4, -0.2) is 23.0 Å². The average molecular weight is 195 g/mol. The molecule has 4 heteroatoms. The minimum absolute atomic E-state index is 0.0201. The predicted molar refractivity (Wildman–Crippen MR) is 52.4 cm³/mol. The highest BCUT2D eigenvalue weighted by atomic mass is 16.4. The Hall–Kier alpha value is -1.76. The fourth-order valence-electron chi connectivity index (χ4n) is 0.677. The molecule has 0 aliphatic carbocycles. The van der Waals surface area contributed by atoms with Gasteiger partial charge in [0.05, 0.1) is 6.04 Å². The third-order valence-corrected chi connectivity index (χ3v) is 1.82. The van der Waals surface area contributed by atoms with E-state index in [9.17, 15) is 9.59 Å². The van der Waals surface area contributed by atoms with E-state index in [0.717, 1.165) is 0 Å². The first-order valence-electron chi connectivity index (χ1n) is 4.08. The van der Waals surface area contributed by atoms with Crippen LogP contribution in [0.4, 0.5) is 0 Å². The number of hydrogen-bond donors (Lipinski definition) is 2. The summed E-state index contributed by atoms with van der Waals surface area (Å²) >= 11 is 0. The van der Waals surface area contributed by atoms with Crippen molar-refractivity contribution in [1.29, 1.82) is 0 Å². The van der Waals surface area contributed by atoms with Gasteiger partial charge in [0, 0.05) is 11.1 Å². The Morgan fingerprint density at radius 3 is 2.21 bits per heavy atom. The molecule has 2 N–H and O–H groups in total. The molecule has 1 atom stereocenters. The summed E-state index contributed by atoms with van der Waals surface area (Å²) in [5.41, 5.74) is 0.186. The standard InChI is InChI=1S/C10H13NO3/c1-5-6(2)11-9(12)7(3)8(4)10(13)14/h1,6H,2-4H3,(H,11,12)(H,13,14)/b8-7+. The molecule has 0 aromatic carbocycles. The fraction of sp³-hybridized carbons (Fsp3) is 0.400. The number of hydrogen-bond acceptors (Lipinski definition) is 2. The molecule has 14 heavy (non-hydrogen) atoms. The maximum atomic E-state index is 11.3. The largest absolute Gasteiger partial charge is 0.478 e. The first-order valence-corrected chi connectivity index (χ1v) is 4.08. The molecule has 0 saturated heterocycles. The van der Waals surface area contributed by atoms with Crippen molar-refractivity contribution in [2.45, 2.75) is 26.8 Å². The molecule has 0 aliphatic heterocycles. The van der Waals surface area contributed by atoms with E-state index >= 15 is 0 Å². The highest BCUT2D eigenvalue weighted by Crippen LogP contribution is 2.03. The van der Waals surface area contributed by atoms with Crippen LogP contribution in [0.1, 0.15) is 20.8 Å². The molecule has 1 amide bonds. The molecule has 0 radical (unpaired) electrons. The van der Waals surface area contributed by atoms with Gasteiger partial charge in [0.2, 0.25) is 5.91 Å². The van der Waals surface area contributed by atoms with Crippen molar-refractivity contribution < 1.29 is 14.7 Å². The lowest BCUT2D eigenvalue weighted by molar-refractivity contribution is -0.133. The van der Waals surface area contributed by atoms with E-state index in [-0.39, 0.29) is 11.1 Å². The maximum Gasteiger partial charge on any atom is 0.331 e. The van der Waals surface area contributed by atoms with E-state index in [4.69, 9.17) is 11.5 Å². The zero-order chi connectivity index (χ0) is 11.3. The third-order valence-electron chi connectivity index (χ3n) is 1.82. The van der Waals surface area contributed by atoms with Gasteiger partial charge in [0.1, 0.15) is 0 Å². The van der Waals surface area contributed by atoms with Crippen molar-refractivity contribution in [2.75, 3.05) is 0 Å². The lowest BCUT2D eigenvalue weighted by atomic mass is 10.1. The highest BCUT2D eigenvalue weighted by Gasteiger charge is 2.13. The van der Waals surface area contributed by atoms with Crippen LogP contribution < -0.4 is 5.32 Å². The molecule has 1 unspecified atom stereocenters. The van der Waals surface area contributed by atoms with E-state index in [1.165, 1.54) is 13.8 Å². The van der Waals surface area contributed by atoms with E-state index in [0.29, 0.717) is 0 Å². The summed E-state index contributed by atoms with van der Waals surface area (Å²) in [4.78, 5) is 21.9. The van der Waals surface area contributed by atoms with Crippen LogP contribution >= 0.6 is 0 Å². The highest BCUT2D eigenvalue weighted by molar-refractivity contribution is 6.01. The molecule has 0 saturated carbocycles. The number of aliphatic carboxylic acids is 1. The molecule has 0 rings (SSSR count). The smallest absolute Gasteiger partial charge is 0.331 e. The summed E-state index contributed by atoms with van der Waals surface area (Å²) in [5.74, 6) is 0.763. The second-order valence-corrected chi connectivity index (χ2v) is 2.92. The lowest BCUT2D eigenvalue weighted by Gasteiger charge is -2.08. The van der Waals surface area contributed by atoms with Gasteiger partial charge < -0.3 is 10.4 Å². The number of rotatable bonds is 3. The van der Waals surface area contributed by atoms with Crippen LogP contribution in [-0.2, 0) is 9.59 Å². The minimum atomic E-state index is -1.11. The van der Waals surface area contributed by atoms with Crippen molar-refractivity contribution in [1.82, 2.24) is 5.32 Å². The number of amides is 1. The molecule has 0 spiro atoms. The molecule has 0 bridgehead atoms. The Labute approximate surface area is 83.0 Å². The second-order valence-electron chi connectivity index (χ2n) is 2.92. The van der Waals surface area contributed by atoms with Crippen LogP contribution in [0, 0.1) is 12.3 Å². The number of terminal acetylenes is 1. The zero-order valence-corrected chi connectivity index (χ0v) is 8.42. The van der Waals surface area contributed by atoms with Gasteiger partial charge in [-0.25, -0.2) is 4.79 Å².